The lowest BCUT2D eigenvalue weighted by Crippen LogP contribution is -2.00. The Labute approximate surface area is 121 Å². The number of aromatic amines is 1. The predicted molar refractivity (Wildman–Crippen MR) is 79.6 cm³/mol. The van der Waals surface area contributed by atoms with Crippen molar-refractivity contribution in [3.8, 4) is 0 Å². The predicted octanol–water partition coefficient (Wildman–Crippen LogP) is 3.28. The minimum Gasteiger partial charge on any atom is -0.245 e. The summed E-state index contributed by atoms with van der Waals surface area (Å²) in [6.07, 6.45) is 1.07. The van der Waals surface area contributed by atoms with Crippen LogP contribution in [0.5, 0.6) is 0 Å². The first-order chi connectivity index (χ1) is 9.69. The van der Waals surface area contributed by atoms with Gasteiger partial charge in [0.25, 0.3) is 0 Å². The summed E-state index contributed by atoms with van der Waals surface area (Å²) in [4.78, 5) is 4.25. The quantitative estimate of drug-likeness (QED) is 0.487. The van der Waals surface area contributed by atoms with Crippen LogP contribution < -0.4 is 5.43 Å². The molecule has 1 aromatic heterocycles. The lowest BCUT2D eigenvalue weighted by Gasteiger charge is -2.00. The number of nitrogens with one attached hydrogen (secondary N) is 2. The van der Waals surface area contributed by atoms with Gasteiger partial charge in [-0.15, -0.1) is 5.10 Å². The summed E-state index contributed by atoms with van der Waals surface area (Å²) in [5.74, 6) is 1.21. The Morgan fingerprint density at radius 1 is 1.40 bits per heavy atom. The van der Waals surface area contributed by atoms with Crippen LogP contribution in [0.3, 0.4) is 0 Å². The second-order valence-electron chi connectivity index (χ2n) is 4.13. The van der Waals surface area contributed by atoms with Gasteiger partial charge in [0.1, 0.15) is 5.82 Å². The summed E-state index contributed by atoms with van der Waals surface area (Å²) in [5.41, 5.74) is 4.39. The molecule has 1 aromatic carbocycles. The molecule has 20 heavy (non-hydrogen) atoms. The summed E-state index contributed by atoms with van der Waals surface area (Å²) in [5, 5.41) is 11.7. The minimum absolute atomic E-state index is 0.262. The van der Waals surface area contributed by atoms with Crippen molar-refractivity contribution >= 4 is 23.4 Å². The van der Waals surface area contributed by atoms with Gasteiger partial charge in [-0.3, -0.25) is 0 Å². The van der Waals surface area contributed by atoms with E-state index in [0.717, 1.165) is 23.4 Å². The Balaban J connectivity index is 1.97. The van der Waals surface area contributed by atoms with Gasteiger partial charge in [0.15, 0.2) is 0 Å². The van der Waals surface area contributed by atoms with E-state index in [-0.39, 0.29) is 5.82 Å². The number of halogens is 1. The normalized spacial score (nSPS) is 11.7. The van der Waals surface area contributed by atoms with Crippen LogP contribution in [-0.2, 0) is 0 Å². The molecule has 0 fully saturated rings. The Kier molecular flexibility index (Phi) is 5.11. The first kappa shape index (κ1) is 14.5. The number of anilines is 1. The Morgan fingerprint density at radius 2 is 2.15 bits per heavy atom. The lowest BCUT2D eigenvalue weighted by molar-refractivity contribution is 0.628. The van der Waals surface area contributed by atoms with Gasteiger partial charge >= 0.3 is 0 Å². The molecule has 0 amide bonds. The average Bonchev–Trinajstić information content (AvgIpc) is 2.91. The number of hydrazone groups is 1. The zero-order valence-corrected chi connectivity index (χ0v) is 12.2. The van der Waals surface area contributed by atoms with Crippen molar-refractivity contribution in [1.82, 2.24) is 15.2 Å². The number of hydrogen-bond donors (Lipinski definition) is 2. The molecule has 1 heterocycles. The zero-order chi connectivity index (χ0) is 14.4. The van der Waals surface area contributed by atoms with Crippen LogP contribution in [-0.4, -0.2) is 26.6 Å². The first-order valence-electron chi connectivity index (χ1n) is 6.30. The van der Waals surface area contributed by atoms with Crippen molar-refractivity contribution in [3.63, 3.8) is 0 Å². The van der Waals surface area contributed by atoms with Gasteiger partial charge in [-0.2, -0.15) is 10.1 Å². The molecule has 0 unspecified atom stereocenters. The van der Waals surface area contributed by atoms with Crippen molar-refractivity contribution in [2.24, 2.45) is 5.10 Å². The monoisotopic (exact) mass is 293 g/mol. The van der Waals surface area contributed by atoms with Crippen LogP contribution in [0.1, 0.15) is 25.8 Å². The third-order valence-electron chi connectivity index (χ3n) is 2.49. The Hall–Kier alpha value is -1.89. The van der Waals surface area contributed by atoms with Gasteiger partial charge in [-0.25, -0.2) is 14.9 Å². The van der Waals surface area contributed by atoms with Gasteiger partial charge in [-0.05, 0) is 31.0 Å². The van der Waals surface area contributed by atoms with E-state index in [1.54, 1.807) is 23.9 Å². The second kappa shape index (κ2) is 7.04. The number of aromatic nitrogens is 3. The summed E-state index contributed by atoms with van der Waals surface area (Å²) in [6.45, 7) is 3.94. The molecule has 2 aromatic rings. The van der Waals surface area contributed by atoms with E-state index in [1.165, 1.54) is 12.1 Å². The fourth-order valence-electron chi connectivity index (χ4n) is 1.45. The van der Waals surface area contributed by atoms with E-state index in [0.29, 0.717) is 11.1 Å². The molecular weight excluding hydrogens is 277 g/mol. The van der Waals surface area contributed by atoms with Crippen molar-refractivity contribution < 1.29 is 4.39 Å². The fraction of sp³-hybridized carbons (Fsp3) is 0.308. The molecule has 2 N–H and O–H groups in total. The van der Waals surface area contributed by atoms with Crippen LogP contribution in [0, 0.1) is 5.82 Å². The van der Waals surface area contributed by atoms with Crippen LogP contribution in [0.4, 0.5) is 10.3 Å². The van der Waals surface area contributed by atoms with E-state index < -0.39 is 0 Å². The van der Waals surface area contributed by atoms with Crippen molar-refractivity contribution in [2.75, 3.05) is 11.2 Å². The SMILES string of the molecule is CCCSc1n[nH]c(N/N=C(\C)c2ccc(F)cc2)n1. The van der Waals surface area contributed by atoms with Crippen molar-refractivity contribution in [3.05, 3.63) is 35.6 Å². The highest BCUT2D eigenvalue weighted by Crippen LogP contribution is 2.14. The number of thioether (sulfide) groups is 1. The van der Waals surface area contributed by atoms with E-state index in [1.807, 2.05) is 6.92 Å². The van der Waals surface area contributed by atoms with Crippen LogP contribution >= 0.6 is 11.8 Å². The molecule has 2 rings (SSSR count). The number of hydrogen-bond acceptors (Lipinski definition) is 5. The summed E-state index contributed by atoms with van der Waals surface area (Å²) in [6, 6.07) is 6.17. The number of nitrogens with zero attached hydrogens (tertiary/aromatic N) is 3. The molecule has 0 spiro atoms. The first-order valence-corrected chi connectivity index (χ1v) is 7.29. The molecule has 0 saturated heterocycles. The average molecular weight is 293 g/mol. The highest BCUT2D eigenvalue weighted by atomic mass is 32.2. The molecule has 0 radical (unpaired) electrons. The van der Waals surface area contributed by atoms with E-state index >= 15 is 0 Å². The molecule has 0 aliphatic heterocycles. The Bertz CT molecular complexity index is 579. The maximum atomic E-state index is 12.8. The van der Waals surface area contributed by atoms with E-state index in [4.69, 9.17) is 0 Å². The molecule has 0 atom stereocenters. The second-order valence-corrected chi connectivity index (χ2v) is 5.19. The smallest absolute Gasteiger partial charge is 0.240 e. The molecule has 5 nitrogen and oxygen atoms in total. The number of H-pyrrole nitrogens is 1. The van der Waals surface area contributed by atoms with Crippen molar-refractivity contribution in [2.45, 2.75) is 25.4 Å². The Morgan fingerprint density at radius 3 is 2.85 bits per heavy atom. The van der Waals surface area contributed by atoms with E-state index in [2.05, 4.69) is 32.6 Å². The molecule has 0 saturated carbocycles. The topological polar surface area (TPSA) is 66.0 Å². The maximum Gasteiger partial charge on any atom is 0.240 e. The van der Waals surface area contributed by atoms with Crippen LogP contribution in [0.15, 0.2) is 34.5 Å². The van der Waals surface area contributed by atoms with Gasteiger partial charge in [0, 0.05) is 5.75 Å². The van der Waals surface area contributed by atoms with Gasteiger partial charge in [0.05, 0.1) is 5.71 Å². The van der Waals surface area contributed by atoms with Crippen molar-refractivity contribution in [1.29, 1.82) is 0 Å². The van der Waals surface area contributed by atoms with Gasteiger partial charge in [0.2, 0.25) is 11.1 Å². The number of rotatable bonds is 6. The van der Waals surface area contributed by atoms with Gasteiger partial charge < -0.3 is 0 Å². The van der Waals surface area contributed by atoms with Crippen LogP contribution in [0.2, 0.25) is 0 Å². The minimum atomic E-state index is -0.262. The molecular formula is C13H16FN5S. The highest BCUT2D eigenvalue weighted by Gasteiger charge is 2.03. The summed E-state index contributed by atoms with van der Waals surface area (Å²) in [7, 11) is 0. The highest BCUT2D eigenvalue weighted by molar-refractivity contribution is 7.99. The van der Waals surface area contributed by atoms with Crippen LogP contribution in [0.25, 0.3) is 0 Å². The maximum absolute atomic E-state index is 12.8. The van der Waals surface area contributed by atoms with E-state index in [9.17, 15) is 4.39 Å². The largest absolute Gasteiger partial charge is 0.245 e. The fourth-order valence-corrected chi connectivity index (χ4v) is 2.10. The summed E-state index contributed by atoms with van der Waals surface area (Å²) >= 11 is 1.59. The molecule has 7 heteroatoms. The van der Waals surface area contributed by atoms with Gasteiger partial charge in [-0.1, -0.05) is 30.8 Å². The summed E-state index contributed by atoms with van der Waals surface area (Å²) < 4.78 is 12.8. The lowest BCUT2D eigenvalue weighted by atomic mass is 10.1. The molecule has 0 aliphatic carbocycles. The number of benzene rings is 1. The standard InChI is InChI=1S/C13H16FN5S/c1-3-8-20-13-15-12(18-19-13)17-16-9(2)10-4-6-11(14)7-5-10/h4-7H,3,8H2,1-2H3,(H2,15,17,18,19)/b16-9+. The molecule has 0 bridgehead atoms. The molecule has 106 valence electrons. The molecule has 0 aliphatic rings. The zero-order valence-electron chi connectivity index (χ0n) is 11.4. The third-order valence-corrected chi connectivity index (χ3v) is 3.54. The third kappa shape index (κ3) is 4.06.